The number of nitrogens with zero attached hydrogens (tertiary/aromatic N) is 1. The normalized spacial score (nSPS) is 22.5. The van der Waals surface area contributed by atoms with Gasteiger partial charge in [-0.15, -0.1) is 0 Å². The molecule has 0 radical (unpaired) electrons. The Morgan fingerprint density at radius 3 is 2.05 bits per heavy atom. The summed E-state index contributed by atoms with van der Waals surface area (Å²) in [7, 11) is 0. The zero-order valence-corrected chi connectivity index (χ0v) is 15.4. The number of aliphatic imine (C=N–C) groups is 1. The Morgan fingerprint density at radius 1 is 0.952 bits per heavy atom. The van der Waals surface area contributed by atoms with Crippen molar-refractivity contribution in [3.05, 3.63) is 0 Å². The minimum atomic E-state index is 0.204. The molecular formula is C19H38N2. The highest BCUT2D eigenvalue weighted by atomic mass is 15.1. The van der Waals surface area contributed by atoms with Gasteiger partial charge in [-0.1, -0.05) is 39.5 Å². The fraction of sp³-hybridized carbons (Fsp3) is 0.947. The smallest absolute Gasteiger partial charge is 0.0533 e. The lowest BCUT2D eigenvalue weighted by atomic mass is 9.80. The van der Waals surface area contributed by atoms with Crippen molar-refractivity contribution >= 4 is 5.71 Å². The maximum atomic E-state index is 5.14. The first-order chi connectivity index (χ1) is 9.78. The van der Waals surface area contributed by atoms with E-state index < -0.39 is 0 Å². The molecule has 0 bridgehead atoms. The molecule has 1 aliphatic heterocycles. The maximum Gasteiger partial charge on any atom is 0.0533 e. The van der Waals surface area contributed by atoms with Crippen LogP contribution in [0.1, 0.15) is 99.3 Å². The number of hydrogen-bond donors (Lipinski definition) is 1. The molecule has 2 nitrogen and oxygen atoms in total. The van der Waals surface area contributed by atoms with E-state index in [1.807, 2.05) is 0 Å². The Morgan fingerprint density at radius 2 is 1.52 bits per heavy atom. The third-order valence-corrected chi connectivity index (χ3v) is 4.51. The third-order valence-electron chi connectivity index (χ3n) is 4.51. The van der Waals surface area contributed by atoms with Gasteiger partial charge in [0.25, 0.3) is 0 Å². The molecule has 0 saturated carbocycles. The predicted molar refractivity (Wildman–Crippen MR) is 95.4 cm³/mol. The topological polar surface area (TPSA) is 24.4 Å². The van der Waals surface area contributed by atoms with Crippen LogP contribution in [0.15, 0.2) is 4.99 Å². The molecule has 0 aromatic heterocycles. The second-order valence-electron chi connectivity index (χ2n) is 8.17. The van der Waals surface area contributed by atoms with Crippen LogP contribution in [0.4, 0.5) is 0 Å². The molecule has 0 atom stereocenters. The van der Waals surface area contributed by atoms with E-state index in [0.717, 1.165) is 19.3 Å². The van der Waals surface area contributed by atoms with E-state index in [2.05, 4.69) is 46.9 Å². The lowest BCUT2D eigenvalue weighted by Crippen LogP contribution is -2.58. The number of hydrogen-bond acceptors (Lipinski definition) is 2. The van der Waals surface area contributed by atoms with Gasteiger partial charge in [0, 0.05) is 16.8 Å². The zero-order valence-electron chi connectivity index (χ0n) is 15.4. The molecule has 1 heterocycles. The van der Waals surface area contributed by atoms with Crippen molar-refractivity contribution in [1.82, 2.24) is 5.32 Å². The van der Waals surface area contributed by atoms with Crippen LogP contribution in [0.3, 0.4) is 0 Å². The van der Waals surface area contributed by atoms with E-state index in [-0.39, 0.29) is 11.1 Å². The van der Waals surface area contributed by atoms with Crippen LogP contribution in [-0.4, -0.2) is 22.8 Å². The Hall–Kier alpha value is -0.370. The van der Waals surface area contributed by atoms with E-state index in [1.165, 1.54) is 44.2 Å². The van der Waals surface area contributed by atoms with Crippen LogP contribution in [0.2, 0.25) is 0 Å². The summed E-state index contributed by atoms with van der Waals surface area (Å²) in [5.74, 6) is 0. The second-order valence-corrected chi connectivity index (χ2v) is 8.17. The number of unbranched alkanes of at least 4 members (excludes halogenated alkanes) is 4. The van der Waals surface area contributed by atoms with Gasteiger partial charge in [-0.3, -0.25) is 4.99 Å². The molecule has 124 valence electrons. The van der Waals surface area contributed by atoms with Gasteiger partial charge in [-0.25, -0.2) is 0 Å². The van der Waals surface area contributed by atoms with Crippen LogP contribution >= 0.6 is 0 Å². The summed E-state index contributed by atoms with van der Waals surface area (Å²) < 4.78 is 0. The molecule has 21 heavy (non-hydrogen) atoms. The number of rotatable bonds is 8. The predicted octanol–water partition coefficient (Wildman–Crippen LogP) is 5.51. The van der Waals surface area contributed by atoms with Crippen molar-refractivity contribution in [3.8, 4) is 0 Å². The molecular weight excluding hydrogens is 256 g/mol. The molecule has 1 rings (SSSR count). The van der Waals surface area contributed by atoms with Crippen LogP contribution in [-0.2, 0) is 0 Å². The first-order valence-corrected chi connectivity index (χ1v) is 9.13. The Labute approximate surface area is 133 Å². The van der Waals surface area contributed by atoms with Crippen molar-refractivity contribution in [3.63, 3.8) is 0 Å². The molecule has 2 heteroatoms. The summed E-state index contributed by atoms with van der Waals surface area (Å²) in [6, 6.07) is 0.502. The fourth-order valence-electron chi connectivity index (χ4n) is 3.88. The minimum Gasteiger partial charge on any atom is -0.307 e. The van der Waals surface area contributed by atoms with E-state index in [4.69, 9.17) is 4.99 Å². The summed E-state index contributed by atoms with van der Waals surface area (Å²) in [4.78, 5) is 5.14. The molecule has 0 aliphatic carbocycles. The van der Waals surface area contributed by atoms with Gasteiger partial charge in [0.05, 0.1) is 6.04 Å². The van der Waals surface area contributed by atoms with Crippen molar-refractivity contribution in [1.29, 1.82) is 0 Å². The van der Waals surface area contributed by atoms with Crippen molar-refractivity contribution in [2.45, 2.75) is 116 Å². The quantitative estimate of drug-likeness (QED) is 0.463. The van der Waals surface area contributed by atoms with E-state index in [0.29, 0.717) is 6.04 Å². The average molecular weight is 295 g/mol. The van der Waals surface area contributed by atoms with Crippen molar-refractivity contribution < 1.29 is 0 Å². The molecule has 1 fully saturated rings. The largest absolute Gasteiger partial charge is 0.307 e. The first kappa shape index (κ1) is 18.7. The Kier molecular flexibility index (Phi) is 7.39. The Balaban J connectivity index is 2.52. The number of nitrogens with one attached hydrogen (secondary N) is 1. The van der Waals surface area contributed by atoms with Crippen LogP contribution in [0.5, 0.6) is 0 Å². The fourth-order valence-corrected chi connectivity index (χ4v) is 3.88. The van der Waals surface area contributed by atoms with Gasteiger partial charge in [0.15, 0.2) is 0 Å². The van der Waals surface area contributed by atoms with Crippen molar-refractivity contribution in [2.24, 2.45) is 4.99 Å². The number of piperidine rings is 1. The average Bonchev–Trinajstić information content (AvgIpc) is 2.33. The summed E-state index contributed by atoms with van der Waals surface area (Å²) in [5.41, 5.74) is 1.86. The van der Waals surface area contributed by atoms with E-state index in [9.17, 15) is 0 Å². The molecule has 0 aromatic carbocycles. The molecule has 1 N–H and O–H groups in total. The highest BCUT2D eigenvalue weighted by molar-refractivity contribution is 5.84. The molecule has 0 amide bonds. The van der Waals surface area contributed by atoms with Gasteiger partial charge in [0.1, 0.15) is 0 Å². The molecule has 0 spiro atoms. The maximum absolute atomic E-state index is 5.14. The summed E-state index contributed by atoms with van der Waals surface area (Å²) in [6.45, 7) is 13.8. The van der Waals surface area contributed by atoms with E-state index in [1.54, 1.807) is 0 Å². The second kappa shape index (κ2) is 8.31. The van der Waals surface area contributed by atoms with Crippen LogP contribution in [0.25, 0.3) is 0 Å². The van der Waals surface area contributed by atoms with E-state index >= 15 is 0 Å². The standard InChI is InChI=1S/C19H38N2/c1-7-9-10-11-12-13-16(8-2)20-17-14-18(3,4)21-19(5,6)15-17/h17,21H,7-15H2,1-6H3. The lowest BCUT2D eigenvalue weighted by molar-refractivity contribution is 0.164. The Bertz CT molecular complexity index is 312. The van der Waals surface area contributed by atoms with Gasteiger partial charge < -0.3 is 5.32 Å². The highest BCUT2D eigenvalue weighted by Crippen LogP contribution is 2.30. The van der Waals surface area contributed by atoms with Gasteiger partial charge in [-0.2, -0.15) is 0 Å². The summed E-state index contributed by atoms with van der Waals surface area (Å²) >= 11 is 0. The van der Waals surface area contributed by atoms with Gasteiger partial charge in [0.2, 0.25) is 0 Å². The van der Waals surface area contributed by atoms with Crippen molar-refractivity contribution in [2.75, 3.05) is 0 Å². The third kappa shape index (κ3) is 7.44. The zero-order chi connectivity index (χ0) is 15.9. The summed E-state index contributed by atoms with van der Waals surface area (Å²) in [6.07, 6.45) is 11.5. The van der Waals surface area contributed by atoms with Crippen LogP contribution < -0.4 is 5.32 Å². The van der Waals surface area contributed by atoms with Crippen LogP contribution in [0, 0.1) is 0 Å². The monoisotopic (exact) mass is 294 g/mol. The first-order valence-electron chi connectivity index (χ1n) is 9.13. The molecule has 1 aliphatic rings. The highest BCUT2D eigenvalue weighted by Gasteiger charge is 2.37. The van der Waals surface area contributed by atoms with Gasteiger partial charge in [-0.05, 0) is 59.8 Å². The summed E-state index contributed by atoms with van der Waals surface area (Å²) in [5, 5.41) is 3.75. The van der Waals surface area contributed by atoms with Gasteiger partial charge >= 0.3 is 0 Å². The molecule has 1 saturated heterocycles. The lowest BCUT2D eigenvalue weighted by Gasteiger charge is -2.45. The SMILES string of the molecule is CCCCCCCC(CC)=NC1CC(C)(C)NC(C)(C)C1. The molecule has 0 unspecified atom stereocenters. The molecule has 0 aromatic rings. The minimum absolute atomic E-state index is 0.204.